The molecule has 0 spiro atoms. The summed E-state index contributed by atoms with van der Waals surface area (Å²) < 4.78 is 7.00. The number of ether oxygens (including phenoxy) is 1. The Bertz CT molecular complexity index is 682. The van der Waals surface area contributed by atoms with Crippen molar-refractivity contribution in [1.29, 1.82) is 0 Å². The van der Waals surface area contributed by atoms with E-state index in [2.05, 4.69) is 10.1 Å². The SMILES string of the molecule is COCCCN(Cc1ccncc1)C(=O)CCc1c(C)nn(C)c1C. The van der Waals surface area contributed by atoms with E-state index >= 15 is 0 Å². The molecule has 0 bridgehead atoms. The lowest BCUT2D eigenvalue weighted by atomic mass is 10.1. The molecule has 2 rings (SSSR count). The molecule has 0 radical (unpaired) electrons. The van der Waals surface area contributed by atoms with Crippen molar-refractivity contribution in [3.8, 4) is 0 Å². The predicted molar refractivity (Wildman–Crippen MR) is 97.2 cm³/mol. The predicted octanol–water partition coefficient (Wildman–Crippen LogP) is 2.43. The second-order valence-electron chi connectivity index (χ2n) is 6.29. The summed E-state index contributed by atoms with van der Waals surface area (Å²) in [4.78, 5) is 18.7. The van der Waals surface area contributed by atoms with Gasteiger partial charge in [-0.1, -0.05) is 0 Å². The Labute approximate surface area is 149 Å². The summed E-state index contributed by atoms with van der Waals surface area (Å²) in [6.07, 6.45) is 5.57. The van der Waals surface area contributed by atoms with Gasteiger partial charge < -0.3 is 9.64 Å². The van der Waals surface area contributed by atoms with E-state index in [9.17, 15) is 4.79 Å². The fourth-order valence-corrected chi connectivity index (χ4v) is 2.97. The van der Waals surface area contributed by atoms with Crippen LogP contribution in [0.15, 0.2) is 24.5 Å². The van der Waals surface area contributed by atoms with Gasteiger partial charge in [0, 0.05) is 58.4 Å². The fourth-order valence-electron chi connectivity index (χ4n) is 2.97. The maximum absolute atomic E-state index is 12.8. The van der Waals surface area contributed by atoms with Crippen LogP contribution in [0.1, 0.15) is 35.4 Å². The molecule has 0 atom stereocenters. The number of pyridine rings is 1. The average molecular weight is 344 g/mol. The first kappa shape index (κ1) is 19.1. The Morgan fingerprint density at radius 3 is 2.60 bits per heavy atom. The summed E-state index contributed by atoms with van der Waals surface area (Å²) in [7, 11) is 3.62. The van der Waals surface area contributed by atoms with E-state index in [1.54, 1.807) is 19.5 Å². The van der Waals surface area contributed by atoms with E-state index in [1.165, 1.54) is 5.56 Å². The van der Waals surface area contributed by atoms with Crippen LogP contribution in [0.25, 0.3) is 0 Å². The number of amides is 1. The maximum atomic E-state index is 12.8. The number of nitrogens with zero attached hydrogens (tertiary/aromatic N) is 4. The first-order chi connectivity index (χ1) is 12.0. The molecule has 1 amide bonds. The fraction of sp³-hybridized carbons (Fsp3) is 0.526. The molecule has 0 unspecified atom stereocenters. The summed E-state index contributed by atoms with van der Waals surface area (Å²) in [5, 5.41) is 4.43. The minimum absolute atomic E-state index is 0.163. The van der Waals surface area contributed by atoms with E-state index < -0.39 is 0 Å². The van der Waals surface area contributed by atoms with E-state index in [4.69, 9.17) is 4.74 Å². The summed E-state index contributed by atoms with van der Waals surface area (Å²) in [5.41, 5.74) is 4.41. The highest BCUT2D eigenvalue weighted by Crippen LogP contribution is 2.15. The summed E-state index contributed by atoms with van der Waals surface area (Å²) in [5.74, 6) is 0.163. The number of hydrogen-bond donors (Lipinski definition) is 0. The zero-order valence-electron chi connectivity index (χ0n) is 15.7. The molecule has 2 aromatic rings. The number of carbonyl (C=O) groups is 1. The van der Waals surface area contributed by atoms with Crippen molar-refractivity contribution in [3.63, 3.8) is 0 Å². The van der Waals surface area contributed by atoms with E-state index in [0.717, 1.165) is 29.8 Å². The van der Waals surface area contributed by atoms with Gasteiger partial charge in [-0.2, -0.15) is 5.10 Å². The minimum atomic E-state index is 0.163. The standard InChI is InChI=1S/C19H28N4O2/c1-15-18(16(2)22(3)21-15)6-7-19(24)23(12-5-13-25-4)14-17-8-10-20-11-9-17/h8-11H,5-7,12-14H2,1-4H3. The van der Waals surface area contributed by atoms with Crippen LogP contribution >= 0.6 is 0 Å². The molecule has 0 saturated carbocycles. The zero-order valence-corrected chi connectivity index (χ0v) is 15.7. The third kappa shape index (κ3) is 5.39. The van der Waals surface area contributed by atoms with Gasteiger partial charge >= 0.3 is 0 Å². The molecule has 6 nitrogen and oxygen atoms in total. The molecule has 0 N–H and O–H groups in total. The minimum Gasteiger partial charge on any atom is -0.385 e. The smallest absolute Gasteiger partial charge is 0.223 e. The van der Waals surface area contributed by atoms with Crippen LogP contribution in [0.3, 0.4) is 0 Å². The van der Waals surface area contributed by atoms with Gasteiger partial charge in [0.05, 0.1) is 5.69 Å². The van der Waals surface area contributed by atoms with Crippen molar-refractivity contribution < 1.29 is 9.53 Å². The monoisotopic (exact) mass is 344 g/mol. The third-order valence-corrected chi connectivity index (χ3v) is 4.50. The third-order valence-electron chi connectivity index (χ3n) is 4.50. The van der Waals surface area contributed by atoms with Crippen molar-refractivity contribution >= 4 is 5.91 Å². The van der Waals surface area contributed by atoms with Gasteiger partial charge in [-0.25, -0.2) is 0 Å². The van der Waals surface area contributed by atoms with Crippen molar-refractivity contribution in [1.82, 2.24) is 19.7 Å². The molecule has 2 heterocycles. The average Bonchev–Trinajstić information content (AvgIpc) is 2.85. The Kier molecular flexibility index (Phi) is 7.13. The number of aryl methyl sites for hydroxylation is 2. The highest BCUT2D eigenvalue weighted by molar-refractivity contribution is 5.76. The summed E-state index contributed by atoms with van der Waals surface area (Å²) >= 11 is 0. The lowest BCUT2D eigenvalue weighted by molar-refractivity contribution is -0.132. The van der Waals surface area contributed by atoms with Gasteiger partial charge in [-0.05, 0) is 49.9 Å². The highest BCUT2D eigenvalue weighted by Gasteiger charge is 2.16. The molecular formula is C19H28N4O2. The molecule has 0 aromatic carbocycles. The quantitative estimate of drug-likeness (QED) is 0.656. The summed E-state index contributed by atoms with van der Waals surface area (Å²) in [6.45, 7) is 6.00. The lowest BCUT2D eigenvalue weighted by Gasteiger charge is -2.23. The molecule has 0 aliphatic heterocycles. The first-order valence-corrected chi connectivity index (χ1v) is 8.67. The van der Waals surface area contributed by atoms with E-state index in [-0.39, 0.29) is 5.91 Å². The number of carbonyl (C=O) groups excluding carboxylic acids is 1. The number of methoxy groups -OCH3 is 1. The highest BCUT2D eigenvalue weighted by atomic mass is 16.5. The molecule has 0 aliphatic carbocycles. The van der Waals surface area contributed by atoms with Crippen LogP contribution in [0, 0.1) is 13.8 Å². The second-order valence-corrected chi connectivity index (χ2v) is 6.29. The van der Waals surface area contributed by atoms with Crippen LogP contribution in [0.2, 0.25) is 0 Å². The molecule has 2 aromatic heterocycles. The number of rotatable bonds is 9. The Morgan fingerprint density at radius 1 is 1.28 bits per heavy atom. The van der Waals surface area contributed by atoms with Crippen molar-refractivity contribution in [2.75, 3.05) is 20.3 Å². The van der Waals surface area contributed by atoms with Crippen LogP contribution in [-0.4, -0.2) is 45.8 Å². The Hall–Kier alpha value is -2.21. The van der Waals surface area contributed by atoms with Gasteiger partial charge in [0.15, 0.2) is 0 Å². The molecule has 25 heavy (non-hydrogen) atoms. The normalized spacial score (nSPS) is 10.9. The van der Waals surface area contributed by atoms with E-state index in [0.29, 0.717) is 26.1 Å². The number of aromatic nitrogens is 3. The maximum Gasteiger partial charge on any atom is 0.223 e. The van der Waals surface area contributed by atoms with Gasteiger partial charge in [0.25, 0.3) is 0 Å². The van der Waals surface area contributed by atoms with Gasteiger partial charge in [0.1, 0.15) is 0 Å². The zero-order chi connectivity index (χ0) is 18.2. The molecule has 6 heteroatoms. The topological polar surface area (TPSA) is 60.2 Å². The van der Waals surface area contributed by atoms with Crippen molar-refractivity contribution in [2.24, 2.45) is 7.05 Å². The largest absolute Gasteiger partial charge is 0.385 e. The Balaban J connectivity index is 2.01. The number of hydrogen-bond acceptors (Lipinski definition) is 4. The molecule has 0 aliphatic rings. The van der Waals surface area contributed by atoms with Crippen LogP contribution in [0.4, 0.5) is 0 Å². The lowest BCUT2D eigenvalue weighted by Crippen LogP contribution is -2.32. The second kappa shape index (κ2) is 9.32. The van der Waals surface area contributed by atoms with E-state index in [1.807, 2.05) is 42.6 Å². The molecule has 136 valence electrons. The Morgan fingerprint density at radius 2 is 2.00 bits per heavy atom. The van der Waals surface area contributed by atoms with Crippen LogP contribution < -0.4 is 0 Å². The van der Waals surface area contributed by atoms with Gasteiger partial charge in [-0.3, -0.25) is 14.5 Å². The van der Waals surface area contributed by atoms with Crippen molar-refractivity contribution in [2.45, 2.75) is 39.7 Å². The van der Waals surface area contributed by atoms with Gasteiger partial charge in [-0.15, -0.1) is 0 Å². The van der Waals surface area contributed by atoms with Crippen molar-refractivity contribution in [3.05, 3.63) is 47.0 Å². The van der Waals surface area contributed by atoms with Crippen LogP contribution in [0.5, 0.6) is 0 Å². The first-order valence-electron chi connectivity index (χ1n) is 8.67. The summed E-state index contributed by atoms with van der Waals surface area (Å²) in [6, 6.07) is 3.90. The molecule has 0 fully saturated rings. The van der Waals surface area contributed by atoms with Crippen LogP contribution in [-0.2, 0) is 29.5 Å². The molecular weight excluding hydrogens is 316 g/mol. The van der Waals surface area contributed by atoms with Gasteiger partial charge in [0.2, 0.25) is 5.91 Å². The molecule has 0 saturated heterocycles.